The van der Waals surface area contributed by atoms with E-state index >= 15 is 0 Å². The highest BCUT2D eigenvalue weighted by molar-refractivity contribution is 6.01. The molecular weight excluding hydrogens is 557 g/mol. The molecule has 0 aliphatic rings. The van der Waals surface area contributed by atoms with Gasteiger partial charge >= 0.3 is 12.2 Å². The van der Waals surface area contributed by atoms with Gasteiger partial charge in [0.25, 0.3) is 11.8 Å². The van der Waals surface area contributed by atoms with Crippen molar-refractivity contribution in [3.8, 4) is 23.2 Å². The molecule has 12 nitrogen and oxygen atoms in total. The van der Waals surface area contributed by atoms with Crippen LogP contribution in [0, 0.1) is 0 Å². The van der Waals surface area contributed by atoms with Crippen LogP contribution in [0.2, 0.25) is 0 Å². The molecule has 0 aliphatic carbocycles. The maximum Gasteiger partial charge on any atom is 0.416 e. The Hall–Kier alpha value is -5.05. The van der Waals surface area contributed by atoms with E-state index in [2.05, 4.69) is 41.0 Å². The lowest BCUT2D eigenvalue weighted by Crippen LogP contribution is -2.35. The van der Waals surface area contributed by atoms with Crippen LogP contribution in [0.15, 0.2) is 65.7 Å². The monoisotopic (exact) mass is 584 g/mol. The molecule has 4 rings (SSSR count). The number of amides is 3. The van der Waals surface area contributed by atoms with Crippen molar-refractivity contribution in [3.63, 3.8) is 0 Å². The summed E-state index contributed by atoms with van der Waals surface area (Å²) in [5.74, 6) is -0.0601. The number of aromatic nitrogens is 4. The Kier molecular flexibility index (Phi) is 9.65. The number of carbonyl (C=O) groups excluding carboxylic acids is 2. The fourth-order valence-corrected chi connectivity index (χ4v) is 3.81. The van der Waals surface area contributed by atoms with Crippen molar-refractivity contribution in [3.05, 3.63) is 72.4 Å². The zero-order chi connectivity index (χ0) is 30.1. The first kappa shape index (κ1) is 29.9. The first-order valence-corrected chi connectivity index (χ1v) is 12.8. The summed E-state index contributed by atoms with van der Waals surface area (Å²) in [6.45, 7) is 6.29. The maximum atomic E-state index is 13.6. The second kappa shape index (κ2) is 13.5. The Bertz CT molecular complexity index is 1510. The average molecular weight is 585 g/mol. The highest BCUT2D eigenvalue weighted by atomic mass is 19.4. The molecule has 3 N–H and O–H groups in total. The van der Waals surface area contributed by atoms with Crippen LogP contribution in [0.25, 0.3) is 11.6 Å². The van der Waals surface area contributed by atoms with Gasteiger partial charge in [0.1, 0.15) is 17.8 Å². The average Bonchev–Trinajstić information content (AvgIpc) is 3.50. The Morgan fingerprint density at radius 2 is 1.79 bits per heavy atom. The summed E-state index contributed by atoms with van der Waals surface area (Å²) < 4.78 is 51.6. The quantitative estimate of drug-likeness (QED) is 0.220. The van der Waals surface area contributed by atoms with E-state index in [9.17, 15) is 22.8 Å². The van der Waals surface area contributed by atoms with E-state index in [1.54, 1.807) is 18.2 Å². The molecule has 0 radical (unpaired) electrons. The molecule has 220 valence electrons. The fraction of sp³-hybridized carbons (Fsp3) is 0.259. The largest absolute Gasteiger partial charge is 0.439 e. The number of halogens is 3. The number of nitrogens with one attached hydrogen (secondary N) is 3. The van der Waals surface area contributed by atoms with E-state index in [-0.39, 0.29) is 35.3 Å². The number of hydrogen-bond acceptors (Lipinski definition) is 9. The predicted octanol–water partition coefficient (Wildman–Crippen LogP) is 5.05. The van der Waals surface area contributed by atoms with Crippen molar-refractivity contribution in [2.24, 2.45) is 0 Å². The van der Waals surface area contributed by atoms with Gasteiger partial charge in [-0.3, -0.25) is 4.79 Å². The van der Waals surface area contributed by atoms with Gasteiger partial charge in [0.15, 0.2) is 0 Å². The smallest absolute Gasteiger partial charge is 0.416 e. The van der Waals surface area contributed by atoms with Gasteiger partial charge in [-0.05, 0) is 43.4 Å². The summed E-state index contributed by atoms with van der Waals surface area (Å²) >= 11 is 0. The minimum Gasteiger partial charge on any atom is -0.439 e. The summed E-state index contributed by atoms with van der Waals surface area (Å²) in [6, 6.07) is 9.55. The van der Waals surface area contributed by atoms with Crippen LogP contribution in [0.4, 0.5) is 29.3 Å². The summed E-state index contributed by atoms with van der Waals surface area (Å²) in [4.78, 5) is 35.4. The van der Waals surface area contributed by atoms with E-state index < -0.39 is 23.7 Å². The number of likely N-dealkylation sites (N-methyl/N-ethyl adjacent to an activating group) is 1. The van der Waals surface area contributed by atoms with E-state index in [1.807, 2.05) is 13.8 Å². The Labute approximate surface area is 238 Å². The maximum absolute atomic E-state index is 13.6. The van der Waals surface area contributed by atoms with Crippen LogP contribution in [0.3, 0.4) is 0 Å². The SMILES string of the molecule is CCN(CC)CCNC(=O)c1cc(NC(=O)Nc2cccc(Oc3cc(-c4nnco4)ncn3)c2)cc(C(F)(F)F)c1. The van der Waals surface area contributed by atoms with Gasteiger partial charge in [-0.15, -0.1) is 10.2 Å². The van der Waals surface area contributed by atoms with E-state index in [0.717, 1.165) is 31.6 Å². The molecule has 2 aromatic carbocycles. The first-order valence-electron chi connectivity index (χ1n) is 12.8. The highest BCUT2D eigenvalue weighted by Crippen LogP contribution is 2.32. The second-order valence-electron chi connectivity index (χ2n) is 8.77. The first-order chi connectivity index (χ1) is 20.1. The second-order valence-corrected chi connectivity index (χ2v) is 8.77. The number of nitrogens with zero attached hydrogens (tertiary/aromatic N) is 5. The molecule has 42 heavy (non-hydrogen) atoms. The van der Waals surface area contributed by atoms with Gasteiger partial charge in [0, 0.05) is 42.2 Å². The van der Waals surface area contributed by atoms with Gasteiger partial charge in [-0.2, -0.15) is 13.2 Å². The number of benzene rings is 2. The molecule has 15 heteroatoms. The van der Waals surface area contributed by atoms with Gasteiger partial charge in [-0.25, -0.2) is 14.8 Å². The number of anilines is 2. The van der Waals surface area contributed by atoms with Crippen LogP contribution in [0.1, 0.15) is 29.8 Å². The van der Waals surface area contributed by atoms with Gasteiger partial charge in [0.05, 0.1) is 5.56 Å². The third-order valence-corrected chi connectivity index (χ3v) is 5.92. The van der Waals surface area contributed by atoms with Crippen LogP contribution in [0.5, 0.6) is 11.6 Å². The number of rotatable bonds is 11. The molecule has 4 aromatic rings. The van der Waals surface area contributed by atoms with Crippen LogP contribution in [-0.2, 0) is 6.18 Å². The van der Waals surface area contributed by atoms with Gasteiger partial charge in [-0.1, -0.05) is 19.9 Å². The molecule has 2 aromatic heterocycles. The third kappa shape index (κ3) is 8.23. The molecule has 0 fully saturated rings. The molecule has 0 saturated heterocycles. The minimum atomic E-state index is -4.74. The molecule has 0 bridgehead atoms. The molecular formula is C27H27F3N8O4. The van der Waals surface area contributed by atoms with Crippen molar-refractivity contribution in [1.82, 2.24) is 30.4 Å². The summed E-state index contributed by atoms with van der Waals surface area (Å²) in [6.07, 6.45) is -2.33. The molecule has 0 saturated carbocycles. The normalized spacial score (nSPS) is 11.3. The molecule has 3 amide bonds. The van der Waals surface area contributed by atoms with Crippen molar-refractivity contribution in [2.45, 2.75) is 20.0 Å². The molecule has 0 unspecified atom stereocenters. The number of ether oxygens (including phenoxy) is 1. The number of urea groups is 1. The Balaban J connectivity index is 1.43. The molecule has 2 heterocycles. The predicted molar refractivity (Wildman–Crippen MR) is 146 cm³/mol. The highest BCUT2D eigenvalue weighted by Gasteiger charge is 2.32. The topological polar surface area (TPSA) is 147 Å². The van der Waals surface area contributed by atoms with Crippen LogP contribution < -0.4 is 20.7 Å². The zero-order valence-corrected chi connectivity index (χ0v) is 22.6. The summed E-state index contributed by atoms with van der Waals surface area (Å²) in [5.41, 5.74) is -0.908. The number of carbonyl (C=O) groups is 2. The Morgan fingerprint density at radius 3 is 2.50 bits per heavy atom. The molecule has 0 atom stereocenters. The van der Waals surface area contributed by atoms with E-state index in [1.165, 1.54) is 24.5 Å². The van der Waals surface area contributed by atoms with E-state index in [4.69, 9.17) is 9.15 Å². The van der Waals surface area contributed by atoms with Crippen molar-refractivity contribution >= 4 is 23.3 Å². The lowest BCUT2D eigenvalue weighted by atomic mass is 10.1. The van der Waals surface area contributed by atoms with Crippen LogP contribution in [-0.4, -0.2) is 63.2 Å². The molecule has 0 spiro atoms. The standard InChI is InChI=1S/C27H27F3N8O4/c1-3-38(4-2)9-8-31-24(39)17-10-18(27(28,29)30)12-20(11-17)36-26(40)35-19-6-5-7-21(13-19)42-23-14-22(32-15-33-23)25-37-34-16-41-25/h5-7,10-16H,3-4,8-9H2,1-2H3,(H,31,39)(H2,35,36,40). The van der Waals surface area contributed by atoms with Gasteiger partial charge in [0.2, 0.25) is 12.3 Å². The number of hydrogen-bond donors (Lipinski definition) is 3. The van der Waals surface area contributed by atoms with E-state index in [0.29, 0.717) is 18.0 Å². The fourth-order valence-electron chi connectivity index (χ4n) is 3.81. The third-order valence-electron chi connectivity index (χ3n) is 5.92. The van der Waals surface area contributed by atoms with Gasteiger partial charge < -0.3 is 30.0 Å². The minimum absolute atomic E-state index is 0.159. The lowest BCUT2D eigenvalue weighted by Gasteiger charge is -2.18. The molecule has 0 aliphatic heterocycles. The Morgan fingerprint density at radius 1 is 1.00 bits per heavy atom. The van der Waals surface area contributed by atoms with Crippen molar-refractivity contribution in [2.75, 3.05) is 36.8 Å². The van der Waals surface area contributed by atoms with Crippen LogP contribution >= 0.6 is 0 Å². The summed E-state index contributed by atoms with van der Waals surface area (Å²) in [5, 5.41) is 14.9. The number of alkyl halides is 3. The zero-order valence-electron chi connectivity index (χ0n) is 22.6. The summed E-state index contributed by atoms with van der Waals surface area (Å²) in [7, 11) is 0. The van der Waals surface area contributed by atoms with Crippen molar-refractivity contribution in [1.29, 1.82) is 0 Å². The van der Waals surface area contributed by atoms with Crippen molar-refractivity contribution < 1.29 is 31.9 Å². The lowest BCUT2D eigenvalue weighted by molar-refractivity contribution is -0.137.